The van der Waals surface area contributed by atoms with Crippen molar-refractivity contribution in [2.75, 3.05) is 13.7 Å². The predicted molar refractivity (Wildman–Crippen MR) is 97.0 cm³/mol. The standard InChI is InChI=1S/C19H34O3Si/c1-8-19-15(10-11-16(19)20)14(9-12-17(19)21-5)13-22-23(6,7)18(2,3)4/h8,14-15,17H,1,9-13H2,2-7H3/t14-,15+,17-,19-/m0/s1. The molecule has 2 saturated carbocycles. The van der Waals surface area contributed by atoms with Gasteiger partial charge in [-0.1, -0.05) is 26.8 Å². The first kappa shape index (κ1) is 18.9. The molecule has 0 aromatic carbocycles. The van der Waals surface area contributed by atoms with Crippen molar-refractivity contribution in [3.05, 3.63) is 12.7 Å². The molecule has 0 unspecified atom stereocenters. The largest absolute Gasteiger partial charge is 0.417 e. The molecule has 0 amide bonds. The molecular weight excluding hydrogens is 304 g/mol. The van der Waals surface area contributed by atoms with E-state index in [0.29, 0.717) is 24.0 Å². The molecule has 2 aliphatic carbocycles. The van der Waals surface area contributed by atoms with Crippen molar-refractivity contribution in [2.24, 2.45) is 17.3 Å². The van der Waals surface area contributed by atoms with Crippen LogP contribution in [0.2, 0.25) is 18.1 Å². The van der Waals surface area contributed by atoms with Gasteiger partial charge in [0.25, 0.3) is 0 Å². The van der Waals surface area contributed by atoms with Gasteiger partial charge in [-0.3, -0.25) is 4.79 Å². The summed E-state index contributed by atoms with van der Waals surface area (Å²) in [5.74, 6) is 1.09. The smallest absolute Gasteiger partial charge is 0.191 e. The maximum absolute atomic E-state index is 12.7. The van der Waals surface area contributed by atoms with Crippen LogP contribution < -0.4 is 0 Å². The topological polar surface area (TPSA) is 35.5 Å². The average molecular weight is 339 g/mol. The number of fused-ring (bicyclic) bond motifs is 1. The molecule has 0 aromatic rings. The van der Waals surface area contributed by atoms with Crippen molar-refractivity contribution in [2.45, 2.75) is 70.7 Å². The van der Waals surface area contributed by atoms with Crippen molar-refractivity contribution >= 4 is 14.1 Å². The highest BCUT2D eigenvalue weighted by Gasteiger charge is 2.58. The number of carbonyl (C=O) groups is 1. The van der Waals surface area contributed by atoms with Crippen LogP contribution in [-0.2, 0) is 14.0 Å². The first-order chi connectivity index (χ1) is 10.6. The minimum absolute atomic E-state index is 0.0101. The van der Waals surface area contributed by atoms with Crippen LogP contribution in [0.4, 0.5) is 0 Å². The van der Waals surface area contributed by atoms with Crippen LogP contribution >= 0.6 is 0 Å². The minimum Gasteiger partial charge on any atom is -0.417 e. The monoisotopic (exact) mass is 338 g/mol. The molecule has 0 heterocycles. The van der Waals surface area contributed by atoms with Crippen molar-refractivity contribution < 1.29 is 14.0 Å². The lowest BCUT2D eigenvalue weighted by molar-refractivity contribution is -0.138. The van der Waals surface area contributed by atoms with E-state index >= 15 is 0 Å². The molecule has 0 bridgehead atoms. The second kappa shape index (κ2) is 6.45. The third-order valence-corrected chi connectivity index (χ3v) is 11.3. The Morgan fingerprint density at radius 2 is 1.96 bits per heavy atom. The molecule has 132 valence electrons. The molecule has 0 spiro atoms. The number of ether oxygens (including phenoxy) is 1. The van der Waals surface area contributed by atoms with Crippen LogP contribution in [0.15, 0.2) is 12.7 Å². The van der Waals surface area contributed by atoms with E-state index in [-0.39, 0.29) is 11.1 Å². The van der Waals surface area contributed by atoms with Gasteiger partial charge >= 0.3 is 0 Å². The van der Waals surface area contributed by atoms with Crippen molar-refractivity contribution in [3.63, 3.8) is 0 Å². The maximum atomic E-state index is 12.7. The molecule has 0 saturated heterocycles. The van der Waals surface area contributed by atoms with Gasteiger partial charge in [0.1, 0.15) is 5.78 Å². The van der Waals surface area contributed by atoms with E-state index < -0.39 is 13.7 Å². The number of methoxy groups -OCH3 is 1. The van der Waals surface area contributed by atoms with Gasteiger partial charge in [-0.2, -0.15) is 0 Å². The zero-order valence-corrected chi connectivity index (χ0v) is 16.8. The average Bonchev–Trinajstić information content (AvgIpc) is 2.82. The first-order valence-electron chi connectivity index (χ1n) is 8.94. The quantitative estimate of drug-likeness (QED) is 0.543. The zero-order valence-electron chi connectivity index (χ0n) is 15.8. The Morgan fingerprint density at radius 1 is 1.30 bits per heavy atom. The lowest BCUT2D eigenvalue weighted by atomic mass is 9.61. The number of hydrogen-bond donors (Lipinski definition) is 0. The van der Waals surface area contributed by atoms with Crippen LogP contribution in [0.25, 0.3) is 0 Å². The summed E-state index contributed by atoms with van der Waals surface area (Å²) in [6.07, 6.45) is 5.50. The third-order valence-electron chi connectivity index (χ3n) is 6.77. The van der Waals surface area contributed by atoms with Gasteiger partial charge in [-0.05, 0) is 49.2 Å². The molecule has 23 heavy (non-hydrogen) atoms. The van der Waals surface area contributed by atoms with Crippen LogP contribution in [0.5, 0.6) is 0 Å². The number of rotatable bonds is 5. The number of ketones is 1. The summed E-state index contributed by atoms with van der Waals surface area (Å²) < 4.78 is 12.2. The SMILES string of the molecule is C=C[C@@]12C(=O)CC[C@@H]1[C@H](CO[Si](C)(C)C(C)(C)C)CC[C@@H]2OC. The molecule has 0 aromatic heterocycles. The highest BCUT2D eigenvalue weighted by atomic mass is 28.4. The number of carbonyl (C=O) groups excluding carboxylic acids is 1. The summed E-state index contributed by atoms with van der Waals surface area (Å²) in [5, 5.41) is 0.220. The van der Waals surface area contributed by atoms with Gasteiger partial charge in [0.2, 0.25) is 0 Å². The number of hydrogen-bond acceptors (Lipinski definition) is 3. The molecule has 2 fully saturated rings. The summed E-state index contributed by atoms with van der Waals surface area (Å²) in [6, 6.07) is 0. The van der Waals surface area contributed by atoms with Gasteiger partial charge in [0.15, 0.2) is 8.32 Å². The maximum Gasteiger partial charge on any atom is 0.191 e. The molecule has 0 aliphatic heterocycles. The Hall–Kier alpha value is -0.453. The van der Waals surface area contributed by atoms with Crippen molar-refractivity contribution in [1.29, 1.82) is 0 Å². The third kappa shape index (κ3) is 3.10. The highest BCUT2D eigenvalue weighted by Crippen LogP contribution is 2.54. The van der Waals surface area contributed by atoms with E-state index in [9.17, 15) is 4.79 Å². The van der Waals surface area contributed by atoms with E-state index in [2.05, 4.69) is 40.4 Å². The lowest BCUT2D eigenvalue weighted by Gasteiger charge is -2.47. The van der Waals surface area contributed by atoms with E-state index in [0.717, 1.165) is 25.9 Å². The fourth-order valence-corrected chi connectivity index (χ4v) is 5.30. The fourth-order valence-electron chi connectivity index (χ4n) is 4.24. The molecule has 2 rings (SSSR count). The molecule has 0 radical (unpaired) electrons. The van der Waals surface area contributed by atoms with E-state index in [1.807, 2.05) is 6.08 Å². The van der Waals surface area contributed by atoms with Gasteiger partial charge in [-0.15, -0.1) is 6.58 Å². The zero-order chi connectivity index (χ0) is 17.5. The molecule has 2 aliphatic rings. The Kier molecular flexibility index (Phi) is 5.30. The normalized spacial score (nSPS) is 35.2. The molecule has 4 atom stereocenters. The summed E-state index contributed by atoms with van der Waals surface area (Å²) in [5.41, 5.74) is -0.478. The second-order valence-corrected chi connectivity index (χ2v) is 13.6. The van der Waals surface area contributed by atoms with Crippen LogP contribution in [0.3, 0.4) is 0 Å². The highest BCUT2D eigenvalue weighted by molar-refractivity contribution is 6.74. The second-order valence-electron chi connectivity index (χ2n) is 8.84. The summed E-state index contributed by atoms with van der Waals surface area (Å²) in [6.45, 7) is 16.2. The van der Waals surface area contributed by atoms with Crippen LogP contribution in [0, 0.1) is 17.3 Å². The lowest BCUT2D eigenvalue weighted by Crippen LogP contribution is -2.51. The Bertz CT molecular complexity index is 466. The molecule has 3 nitrogen and oxygen atoms in total. The van der Waals surface area contributed by atoms with Crippen LogP contribution in [0.1, 0.15) is 46.5 Å². The van der Waals surface area contributed by atoms with Gasteiger partial charge in [0.05, 0.1) is 11.5 Å². The fraction of sp³-hybridized carbons (Fsp3) is 0.842. The van der Waals surface area contributed by atoms with E-state index in [1.165, 1.54) is 0 Å². The Labute approximate surface area is 142 Å². The summed E-state index contributed by atoms with van der Waals surface area (Å²) in [7, 11) is -0.0244. The molecule has 4 heteroatoms. The van der Waals surface area contributed by atoms with Gasteiger partial charge in [0, 0.05) is 20.1 Å². The van der Waals surface area contributed by atoms with Crippen molar-refractivity contribution in [3.8, 4) is 0 Å². The Balaban J connectivity index is 2.17. The van der Waals surface area contributed by atoms with E-state index in [4.69, 9.17) is 9.16 Å². The van der Waals surface area contributed by atoms with E-state index in [1.54, 1.807) is 7.11 Å². The summed E-state index contributed by atoms with van der Waals surface area (Å²) >= 11 is 0. The minimum atomic E-state index is -1.75. The van der Waals surface area contributed by atoms with Gasteiger partial charge in [-0.25, -0.2) is 0 Å². The first-order valence-corrected chi connectivity index (χ1v) is 11.8. The van der Waals surface area contributed by atoms with Crippen molar-refractivity contribution in [1.82, 2.24) is 0 Å². The predicted octanol–water partition coefficient (Wildman–Crippen LogP) is 4.58. The summed E-state index contributed by atoms with van der Waals surface area (Å²) in [4.78, 5) is 12.7. The molecule has 0 N–H and O–H groups in total. The number of Topliss-reactive ketones (excluding diaryl/α,β-unsaturated/α-hetero) is 1. The molecular formula is C19H34O3Si. The van der Waals surface area contributed by atoms with Gasteiger partial charge < -0.3 is 9.16 Å². The Morgan fingerprint density at radius 3 is 2.48 bits per heavy atom. The van der Waals surface area contributed by atoms with Crippen LogP contribution in [-0.4, -0.2) is 33.9 Å².